The fourth-order valence-corrected chi connectivity index (χ4v) is 1.31. The van der Waals surface area contributed by atoms with Gasteiger partial charge in [0.1, 0.15) is 5.82 Å². The molecule has 0 saturated carbocycles. The predicted molar refractivity (Wildman–Crippen MR) is 62.6 cm³/mol. The van der Waals surface area contributed by atoms with E-state index in [1.165, 1.54) is 31.2 Å². The van der Waals surface area contributed by atoms with Crippen LogP contribution < -0.4 is 5.32 Å². The van der Waals surface area contributed by atoms with Crippen LogP contribution in [0.4, 0.5) is 10.1 Å². The van der Waals surface area contributed by atoms with E-state index < -0.39 is 11.5 Å². The van der Waals surface area contributed by atoms with E-state index in [2.05, 4.69) is 5.32 Å². The normalized spacial score (nSPS) is 14.1. The van der Waals surface area contributed by atoms with Gasteiger partial charge in [0.15, 0.2) is 5.54 Å². The number of aliphatic carboxylic acids is 1. The van der Waals surface area contributed by atoms with Crippen molar-refractivity contribution < 1.29 is 19.0 Å². The minimum Gasteiger partial charge on any atom is -0.479 e. The van der Waals surface area contributed by atoms with E-state index in [4.69, 9.17) is 9.84 Å². The topological polar surface area (TPSA) is 58.6 Å². The van der Waals surface area contributed by atoms with Crippen LogP contribution in [0.2, 0.25) is 0 Å². The van der Waals surface area contributed by atoms with E-state index in [-0.39, 0.29) is 12.4 Å². The van der Waals surface area contributed by atoms with E-state index in [0.29, 0.717) is 12.3 Å². The number of hydrogen-bond acceptors (Lipinski definition) is 3. The molecule has 0 bridgehead atoms. The number of carbonyl (C=O) groups is 1. The summed E-state index contributed by atoms with van der Waals surface area (Å²) in [6.07, 6.45) is 0. The molecule has 0 aliphatic heterocycles. The second-order valence-electron chi connectivity index (χ2n) is 3.91. The smallest absolute Gasteiger partial charge is 0.331 e. The van der Waals surface area contributed by atoms with Crippen LogP contribution in [-0.2, 0) is 9.53 Å². The number of carboxylic acid groups (broad SMARTS) is 1. The molecule has 5 heteroatoms. The van der Waals surface area contributed by atoms with Crippen LogP contribution in [0.3, 0.4) is 0 Å². The first kappa shape index (κ1) is 13.4. The first-order valence-corrected chi connectivity index (χ1v) is 5.33. The molecule has 0 radical (unpaired) electrons. The molecule has 0 heterocycles. The zero-order chi connectivity index (χ0) is 12.9. The molecule has 0 fully saturated rings. The van der Waals surface area contributed by atoms with Gasteiger partial charge in [0.2, 0.25) is 0 Å². The number of rotatable bonds is 6. The molecule has 0 amide bonds. The van der Waals surface area contributed by atoms with Crippen LogP contribution in [-0.4, -0.2) is 29.8 Å². The van der Waals surface area contributed by atoms with Crippen molar-refractivity contribution in [3.63, 3.8) is 0 Å². The van der Waals surface area contributed by atoms with Crippen molar-refractivity contribution in [3.8, 4) is 0 Å². The van der Waals surface area contributed by atoms with E-state index >= 15 is 0 Å². The molecule has 2 N–H and O–H groups in total. The highest BCUT2D eigenvalue weighted by Gasteiger charge is 2.33. The predicted octanol–water partition coefficient (Wildman–Crippen LogP) is 2.12. The number of anilines is 1. The maximum atomic E-state index is 12.7. The van der Waals surface area contributed by atoms with E-state index in [1.807, 2.05) is 0 Å². The number of carboxylic acids is 1. The van der Waals surface area contributed by atoms with Crippen molar-refractivity contribution in [1.29, 1.82) is 0 Å². The summed E-state index contributed by atoms with van der Waals surface area (Å²) in [6, 6.07) is 5.52. The zero-order valence-corrected chi connectivity index (χ0v) is 9.87. The maximum Gasteiger partial charge on any atom is 0.331 e. The van der Waals surface area contributed by atoms with Gasteiger partial charge in [-0.1, -0.05) is 0 Å². The summed E-state index contributed by atoms with van der Waals surface area (Å²) in [6.45, 7) is 3.79. The Labute approximate surface area is 99.4 Å². The Bertz CT molecular complexity index is 380. The standard InChI is InChI=1S/C12H16FNO3/c1-3-17-8-12(2,11(15)16)14-10-6-4-9(13)5-7-10/h4-7,14H,3,8H2,1-2H3,(H,15,16). The second-order valence-corrected chi connectivity index (χ2v) is 3.91. The molecule has 1 atom stereocenters. The van der Waals surface area contributed by atoms with Crippen LogP contribution in [0.5, 0.6) is 0 Å². The zero-order valence-electron chi connectivity index (χ0n) is 9.87. The lowest BCUT2D eigenvalue weighted by Gasteiger charge is -2.27. The summed E-state index contributed by atoms with van der Waals surface area (Å²) in [5, 5.41) is 12.0. The van der Waals surface area contributed by atoms with E-state index in [9.17, 15) is 9.18 Å². The molecule has 0 aromatic heterocycles. The first-order chi connectivity index (χ1) is 7.98. The molecule has 1 rings (SSSR count). The quantitative estimate of drug-likeness (QED) is 0.801. The van der Waals surface area contributed by atoms with Gasteiger partial charge in [-0.25, -0.2) is 9.18 Å². The minimum atomic E-state index is -1.23. The Kier molecular flexibility index (Phi) is 4.45. The number of benzene rings is 1. The van der Waals surface area contributed by atoms with Crippen molar-refractivity contribution in [2.75, 3.05) is 18.5 Å². The second kappa shape index (κ2) is 5.63. The van der Waals surface area contributed by atoms with Crippen molar-refractivity contribution in [1.82, 2.24) is 0 Å². The average molecular weight is 241 g/mol. The van der Waals surface area contributed by atoms with Crippen molar-refractivity contribution in [3.05, 3.63) is 30.1 Å². The third-order valence-electron chi connectivity index (χ3n) is 2.33. The lowest BCUT2D eigenvalue weighted by molar-refractivity contribution is -0.143. The Hall–Kier alpha value is -1.62. The van der Waals surface area contributed by atoms with Crippen molar-refractivity contribution in [2.45, 2.75) is 19.4 Å². The highest BCUT2D eigenvalue weighted by molar-refractivity contribution is 5.82. The first-order valence-electron chi connectivity index (χ1n) is 5.33. The van der Waals surface area contributed by atoms with Crippen molar-refractivity contribution >= 4 is 11.7 Å². The Balaban J connectivity index is 2.79. The van der Waals surface area contributed by atoms with Gasteiger partial charge in [-0.2, -0.15) is 0 Å². The van der Waals surface area contributed by atoms with Gasteiger partial charge in [0, 0.05) is 12.3 Å². The highest BCUT2D eigenvalue weighted by Crippen LogP contribution is 2.16. The number of ether oxygens (including phenoxy) is 1. The maximum absolute atomic E-state index is 12.7. The molecule has 1 aromatic rings. The molecule has 17 heavy (non-hydrogen) atoms. The molecule has 94 valence electrons. The monoisotopic (exact) mass is 241 g/mol. The minimum absolute atomic E-state index is 0.0379. The van der Waals surface area contributed by atoms with Crippen molar-refractivity contribution in [2.24, 2.45) is 0 Å². The lowest BCUT2D eigenvalue weighted by atomic mass is 10.0. The fourth-order valence-electron chi connectivity index (χ4n) is 1.31. The van der Waals surface area contributed by atoms with Crippen LogP contribution in [0.25, 0.3) is 0 Å². The third-order valence-corrected chi connectivity index (χ3v) is 2.33. The third kappa shape index (κ3) is 3.71. The largest absolute Gasteiger partial charge is 0.479 e. The van der Waals surface area contributed by atoms with Crippen LogP contribution in [0, 0.1) is 5.82 Å². The van der Waals surface area contributed by atoms with E-state index in [1.54, 1.807) is 6.92 Å². The Morgan fingerprint density at radius 1 is 1.47 bits per heavy atom. The summed E-state index contributed by atoms with van der Waals surface area (Å²) in [4.78, 5) is 11.2. The molecule has 0 saturated heterocycles. The SMILES string of the molecule is CCOCC(C)(Nc1ccc(F)cc1)C(=O)O. The van der Waals surface area contributed by atoms with Gasteiger partial charge in [-0.15, -0.1) is 0 Å². The van der Waals surface area contributed by atoms with Gasteiger partial charge < -0.3 is 15.2 Å². The molecular formula is C12H16FNO3. The summed E-state index contributed by atoms with van der Waals surface area (Å²) in [5.41, 5.74) is -0.690. The lowest BCUT2D eigenvalue weighted by Crippen LogP contribution is -2.47. The molecule has 0 aliphatic rings. The summed E-state index contributed by atoms with van der Waals surface area (Å²) in [5.74, 6) is -1.38. The average Bonchev–Trinajstić information content (AvgIpc) is 2.29. The van der Waals surface area contributed by atoms with Gasteiger partial charge in [-0.05, 0) is 38.1 Å². The van der Waals surface area contributed by atoms with Gasteiger partial charge in [-0.3, -0.25) is 0 Å². The van der Waals surface area contributed by atoms with Gasteiger partial charge in [0.05, 0.1) is 6.61 Å². The molecule has 0 spiro atoms. The molecule has 1 aromatic carbocycles. The highest BCUT2D eigenvalue weighted by atomic mass is 19.1. The Morgan fingerprint density at radius 2 is 2.06 bits per heavy atom. The number of hydrogen-bond donors (Lipinski definition) is 2. The molecule has 1 unspecified atom stereocenters. The summed E-state index contributed by atoms with van der Waals surface area (Å²) >= 11 is 0. The van der Waals surface area contributed by atoms with Crippen LogP contribution >= 0.6 is 0 Å². The van der Waals surface area contributed by atoms with Gasteiger partial charge >= 0.3 is 5.97 Å². The van der Waals surface area contributed by atoms with E-state index in [0.717, 1.165) is 0 Å². The number of nitrogens with one attached hydrogen (secondary N) is 1. The fraction of sp³-hybridized carbons (Fsp3) is 0.417. The summed E-state index contributed by atoms with van der Waals surface area (Å²) < 4.78 is 17.9. The van der Waals surface area contributed by atoms with Crippen LogP contribution in [0.15, 0.2) is 24.3 Å². The molecule has 4 nitrogen and oxygen atoms in total. The molecular weight excluding hydrogens is 225 g/mol. The molecule has 0 aliphatic carbocycles. The van der Waals surface area contributed by atoms with Gasteiger partial charge in [0.25, 0.3) is 0 Å². The number of halogens is 1. The van der Waals surface area contributed by atoms with Crippen LogP contribution in [0.1, 0.15) is 13.8 Å². The Morgan fingerprint density at radius 3 is 2.53 bits per heavy atom. The summed E-state index contributed by atoms with van der Waals surface area (Å²) in [7, 11) is 0.